The van der Waals surface area contributed by atoms with E-state index in [2.05, 4.69) is 4.90 Å². The third-order valence-electron chi connectivity index (χ3n) is 4.54. The van der Waals surface area contributed by atoms with E-state index in [1.807, 2.05) is 62.6 Å². The van der Waals surface area contributed by atoms with E-state index in [4.69, 9.17) is 9.47 Å². The summed E-state index contributed by atoms with van der Waals surface area (Å²) in [5.41, 5.74) is 3.72. The summed E-state index contributed by atoms with van der Waals surface area (Å²) in [6.45, 7) is 1.54. The number of nitrogens with zero attached hydrogens (tertiary/aromatic N) is 1. The number of rotatable bonds is 6. The second kappa shape index (κ2) is 9.58. The Kier molecular flexibility index (Phi) is 7.45. The summed E-state index contributed by atoms with van der Waals surface area (Å²) in [6, 6.07) is 13.6. The van der Waals surface area contributed by atoms with E-state index >= 15 is 0 Å². The molecule has 0 heterocycles. The van der Waals surface area contributed by atoms with Crippen LogP contribution in [0.25, 0.3) is 6.08 Å². The maximum atomic E-state index is 12.8. The van der Waals surface area contributed by atoms with E-state index in [0.29, 0.717) is 6.61 Å². The molecule has 0 saturated carbocycles. The number of Topliss-reactive ketones (excluding diaryl/α,β-unsaturated/α-hetero) is 1. The van der Waals surface area contributed by atoms with Gasteiger partial charge >= 0.3 is 0 Å². The van der Waals surface area contributed by atoms with Crippen molar-refractivity contribution in [3.63, 3.8) is 0 Å². The molecule has 0 unspecified atom stereocenters. The number of ether oxygens (including phenoxy) is 2. The zero-order chi connectivity index (χ0) is 18.5. The highest BCUT2D eigenvalue weighted by molar-refractivity contribution is 6.13. The largest absolute Gasteiger partial charge is 0.497 e. The van der Waals surface area contributed by atoms with E-state index in [1.165, 1.54) is 0 Å². The molecule has 2 aromatic carbocycles. The Bertz CT molecular complexity index is 813. The molecule has 0 saturated heterocycles. The number of hydrogen-bond acceptors (Lipinski definition) is 4. The predicted molar refractivity (Wildman–Crippen MR) is 111 cm³/mol. The fourth-order valence-corrected chi connectivity index (χ4v) is 3.03. The highest BCUT2D eigenvalue weighted by Gasteiger charge is 2.22. The summed E-state index contributed by atoms with van der Waals surface area (Å²) in [6.07, 6.45) is 3.59. The summed E-state index contributed by atoms with van der Waals surface area (Å²) in [5, 5.41) is 0. The van der Waals surface area contributed by atoms with Crippen LogP contribution >= 0.6 is 12.4 Å². The molecule has 1 aliphatic rings. The van der Waals surface area contributed by atoms with Gasteiger partial charge in [-0.2, -0.15) is 0 Å². The van der Waals surface area contributed by atoms with E-state index < -0.39 is 0 Å². The van der Waals surface area contributed by atoms with Crippen molar-refractivity contribution in [3.8, 4) is 11.5 Å². The van der Waals surface area contributed by atoms with Gasteiger partial charge in [0.2, 0.25) is 0 Å². The number of carbonyl (C=O) groups excluding carboxylic acids is 1. The van der Waals surface area contributed by atoms with Crippen LogP contribution in [0, 0.1) is 0 Å². The molecular formula is C22H26ClNO3. The van der Waals surface area contributed by atoms with Crippen molar-refractivity contribution in [2.45, 2.75) is 12.8 Å². The molecule has 5 heteroatoms. The molecule has 0 spiro atoms. The average Bonchev–Trinajstić information content (AvgIpc) is 2.65. The minimum atomic E-state index is 0. The molecule has 0 radical (unpaired) electrons. The number of ketones is 1. The molecule has 144 valence electrons. The van der Waals surface area contributed by atoms with Crippen LogP contribution in [0.1, 0.15) is 27.9 Å². The smallest absolute Gasteiger partial charge is 0.189 e. The van der Waals surface area contributed by atoms with Gasteiger partial charge in [0.05, 0.1) is 7.11 Å². The molecule has 3 rings (SSSR count). The van der Waals surface area contributed by atoms with Crippen molar-refractivity contribution >= 4 is 24.3 Å². The van der Waals surface area contributed by atoms with Crippen molar-refractivity contribution < 1.29 is 14.3 Å². The van der Waals surface area contributed by atoms with Gasteiger partial charge in [-0.3, -0.25) is 4.79 Å². The predicted octanol–water partition coefficient (Wildman–Crippen LogP) is 4.27. The monoisotopic (exact) mass is 387 g/mol. The van der Waals surface area contributed by atoms with Gasteiger partial charge in [-0.15, -0.1) is 12.4 Å². The quantitative estimate of drug-likeness (QED) is 0.694. The molecule has 1 aliphatic carbocycles. The maximum absolute atomic E-state index is 12.8. The highest BCUT2D eigenvalue weighted by atomic mass is 35.5. The van der Waals surface area contributed by atoms with Crippen LogP contribution in [-0.4, -0.2) is 45.0 Å². The van der Waals surface area contributed by atoms with Crippen LogP contribution in [-0.2, 0) is 6.42 Å². The van der Waals surface area contributed by atoms with Crippen molar-refractivity contribution in [1.29, 1.82) is 0 Å². The fraction of sp³-hybridized carbons (Fsp3) is 0.318. The number of methoxy groups -OCH3 is 1. The molecule has 27 heavy (non-hydrogen) atoms. The summed E-state index contributed by atoms with van der Waals surface area (Å²) in [5.74, 6) is 1.76. The average molecular weight is 388 g/mol. The van der Waals surface area contributed by atoms with Gasteiger partial charge < -0.3 is 14.4 Å². The van der Waals surface area contributed by atoms with Gasteiger partial charge in [0.15, 0.2) is 5.78 Å². The van der Waals surface area contributed by atoms with Gasteiger partial charge in [0.1, 0.15) is 18.1 Å². The molecule has 0 amide bonds. The van der Waals surface area contributed by atoms with E-state index in [0.717, 1.165) is 53.1 Å². The van der Waals surface area contributed by atoms with Gasteiger partial charge in [0.25, 0.3) is 0 Å². The Hall–Kier alpha value is -2.30. The Morgan fingerprint density at radius 3 is 2.41 bits per heavy atom. The number of benzene rings is 2. The fourth-order valence-electron chi connectivity index (χ4n) is 3.03. The first-order valence-corrected chi connectivity index (χ1v) is 8.86. The van der Waals surface area contributed by atoms with Crippen molar-refractivity contribution in [1.82, 2.24) is 4.90 Å². The van der Waals surface area contributed by atoms with Crippen LogP contribution in [0.5, 0.6) is 11.5 Å². The van der Waals surface area contributed by atoms with Crippen LogP contribution in [0.3, 0.4) is 0 Å². The SMILES string of the molecule is COc1ccc2c(c1)CC/C(=C\c1ccc(OCCN(C)C)cc1)C2=O.Cl. The number of halogens is 1. The Labute approximate surface area is 167 Å². The second-order valence-electron chi connectivity index (χ2n) is 6.74. The number of fused-ring (bicyclic) bond motifs is 1. The maximum Gasteiger partial charge on any atom is 0.189 e. The zero-order valence-electron chi connectivity index (χ0n) is 16.0. The highest BCUT2D eigenvalue weighted by Crippen LogP contribution is 2.29. The molecule has 0 fully saturated rings. The lowest BCUT2D eigenvalue weighted by Crippen LogP contribution is -2.19. The normalized spacial score (nSPS) is 14.7. The van der Waals surface area contributed by atoms with E-state index in [1.54, 1.807) is 7.11 Å². The summed E-state index contributed by atoms with van der Waals surface area (Å²) >= 11 is 0. The summed E-state index contributed by atoms with van der Waals surface area (Å²) in [7, 11) is 5.69. The van der Waals surface area contributed by atoms with Crippen molar-refractivity contribution in [2.24, 2.45) is 0 Å². The Balaban J connectivity index is 0.00000261. The van der Waals surface area contributed by atoms with Gasteiger partial charge in [-0.25, -0.2) is 0 Å². The number of hydrogen-bond donors (Lipinski definition) is 0. The third-order valence-corrected chi connectivity index (χ3v) is 4.54. The number of carbonyl (C=O) groups is 1. The molecular weight excluding hydrogens is 362 g/mol. The standard InChI is InChI=1S/C22H25NO3.ClH/c1-23(2)12-13-26-19-8-4-16(5-9-19)14-18-7-6-17-15-20(25-3)10-11-21(17)22(18)24;/h4-5,8-11,14-15H,6-7,12-13H2,1-3H3;1H/b18-14+;. The second-order valence-corrected chi connectivity index (χ2v) is 6.74. The minimum Gasteiger partial charge on any atom is -0.497 e. The molecule has 0 bridgehead atoms. The van der Waals surface area contributed by atoms with Gasteiger partial charge in [0, 0.05) is 17.7 Å². The summed E-state index contributed by atoms with van der Waals surface area (Å²) in [4.78, 5) is 14.8. The van der Waals surface area contributed by atoms with Crippen molar-refractivity contribution in [3.05, 3.63) is 64.7 Å². The number of allylic oxidation sites excluding steroid dienone is 1. The first-order valence-electron chi connectivity index (χ1n) is 8.86. The van der Waals surface area contributed by atoms with E-state index in [9.17, 15) is 4.79 Å². The molecule has 0 N–H and O–H groups in total. The lowest BCUT2D eigenvalue weighted by molar-refractivity contribution is 0.102. The van der Waals surface area contributed by atoms with Gasteiger partial charge in [-0.05, 0) is 74.5 Å². The molecule has 0 aliphatic heterocycles. The Morgan fingerprint density at radius 2 is 1.74 bits per heavy atom. The number of likely N-dealkylation sites (N-methyl/N-ethyl adjacent to an activating group) is 1. The van der Waals surface area contributed by atoms with Crippen LogP contribution in [0.2, 0.25) is 0 Å². The molecule has 2 aromatic rings. The lowest BCUT2D eigenvalue weighted by Gasteiger charge is -2.18. The van der Waals surface area contributed by atoms with Crippen molar-refractivity contribution in [2.75, 3.05) is 34.4 Å². The summed E-state index contributed by atoms with van der Waals surface area (Å²) < 4.78 is 11.0. The third kappa shape index (κ3) is 5.34. The first kappa shape index (κ1) is 21.0. The first-order chi connectivity index (χ1) is 12.6. The molecule has 0 atom stereocenters. The lowest BCUT2D eigenvalue weighted by atomic mass is 9.86. The zero-order valence-corrected chi connectivity index (χ0v) is 16.8. The minimum absolute atomic E-state index is 0. The van der Waals surface area contributed by atoms with Crippen LogP contribution in [0.15, 0.2) is 48.0 Å². The van der Waals surface area contributed by atoms with E-state index in [-0.39, 0.29) is 18.2 Å². The van der Waals surface area contributed by atoms with Gasteiger partial charge in [-0.1, -0.05) is 12.1 Å². The van der Waals surface area contributed by atoms with Crippen LogP contribution < -0.4 is 9.47 Å². The number of aryl methyl sites for hydroxylation is 1. The van der Waals surface area contributed by atoms with Crippen LogP contribution in [0.4, 0.5) is 0 Å². The topological polar surface area (TPSA) is 38.8 Å². The molecule has 0 aromatic heterocycles. The Morgan fingerprint density at radius 1 is 1.04 bits per heavy atom. The molecule has 4 nitrogen and oxygen atoms in total.